The molecule has 0 atom stereocenters. The average Bonchev–Trinajstić information content (AvgIpc) is 3.61. The molecule has 8 rings (SSSR count). The summed E-state index contributed by atoms with van der Waals surface area (Å²) in [5.74, 6) is 1.99. The van der Waals surface area contributed by atoms with Crippen LogP contribution in [0, 0.1) is 0 Å². The summed E-state index contributed by atoms with van der Waals surface area (Å²) < 4.78 is 0. The molecule has 0 bridgehead atoms. The van der Waals surface area contributed by atoms with Gasteiger partial charge < -0.3 is 0 Å². The van der Waals surface area contributed by atoms with Crippen molar-refractivity contribution in [2.45, 2.75) is 19.3 Å². The smallest absolute Gasteiger partial charge is 0.164 e. The van der Waals surface area contributed by atoms with Gasteiger partial charge in [-0.3, -0.25) is 0 Å². The van der Waals surface area contributed by atoms with Crippen molar-refractivity contribution in [3.05, 3.63) is 151 Å². The van der Waals surface area contributed by atoms with Gasteiger partial charge in [-0.25, -0.2) is 15.0 Å². The van der Waals surface area contributed by atoms with Gasteiger partial charge in [-0.2, -0.15) is 0 Å². The lowest BCUT2D eigenvalue weighted by Crippen LogP contribution is -2.15. The minimum Gasteiger partial charge on any atom is -0.208 e. The molecule has 0 unspecified atom stereocenters. The predicted octanol–water partition coefficient (Wildman–Crippen LogP) is 10.6. The van der Waals surface area contributed by atoms with Gasteiger partial charge in [-0.05, 0) is 33.9 Å². The topological polar surface area (TPSA) is 38.7 Å². The van der Waals surface area contributed by atoms with Crippen LogP contribution in [0.25, 0.3) is 66.2 Å². The second kappa shape index (κ2) is 10.5. The van der Waals surface area contributed by atoms with E-state index in [1.165, 1.54) is 43.1 Å². The second-order valence-electron chi connectivity index (χ2n) is 11.7. The predicted molar refractivity (Wildman–Crippen MR) is 182 cm³/mol. The molecule has 0 saturated carbocycles. The van der Waals surface area contributed by atoms with E-state index in [0.29, 0.717) is 17.5 Å². The maximum atomic E-state index is 5.00. The van der Waals surface area contributed by atoms with Crippen molar-refractivity contribution in [2.75, 3.05) is 0 Å². The van der Waals surface area contributed by atoms with Gasteiger partial charge in [0, 0.05) is 37.4 Å². The zero-order valence-corrected chi connectivity index (χ0v) is 25.3. The Bertz CT molecular complexity index is 2070. The maximum absolute atomic E-state index is 5.00. The Morgan fingerprint density at radius 1 is 0.455 bits per heavy atom. The molecular weight excluding hydrogens is 555 g/mol. The second-order valence-corrected chi connectivity index (χ2v) is 12.7. The first kappa shape index (κ1) is 26.4. The molecule has 2 aromatic heterocycles. The van der Waals surface area contributed by atoms with Gasteiger partial charge in [0.1, 0.15) is 0 Å². The lowest BCUT2D eigenvalue weighted by Gasteiger charge is -2.22. The Morgan fingerprint density at radius 2 is 0.932 bits per heavy atom. The molecule has 2 heterocycles. The lowest BCUT2D eigenvalue weighted by molar-refractivity contribution is 0.664. The lowest BCUT2D eigenvalue weighted by atomic mass is 9.81. The first-order valence-corrected chi connectivity index (χ1v) is 15.7. The number of hydrogen-bond acceptors (Lipinski definition) is 4. The molecule has 0 N–H and O–H groups in total. The molecular formula is C40H29N3S. The van der Waals surface area contributed by atoms with Gasteiger partial charge in [0.2, 0.25) is 0 Å². The molecule has 7 aromatic rings. The molecule has 0 fully saturated rings. The van der Waals surface area contributed by atoms with Crippen molar-refractivity contribution < 1.29 is 0 Å². The van der Waals surface area contributed by atoms with E-state index in [1.807, 2.05) is 72.0 Å². The third-order valence-electron chi connectivity index (χ3n) is 8.52. The Kier molecular flexibility index (Phi) is 6.32. The fourth-order valence-electron chi connectivity index (χ4n) is 6.40. The van der Waals surface area contributed by atoms with Crippen LogP contribution in [0.3, 0.4) is 0 Å². The van der Waals surface area contributed by atoms with Gasteiger partial charge in [0.15, 0.2) is 17.5 Å². The van der Waals surface area contributed by atoms with E-state index in [0.717, 1.165) is 16.7 Å². The number of benzene rings is 5. The minimum absolute atomic E-state index is 0.104. The summed E-state index contributed by atoms with van der Waals surface area (Å²) in [4.78, 5) is 17.5. The van der Waals surface area contributed by atoms with E-state index < -0.39 is 0 Å². The molecule has 0 radical (unpaired) electrons. The zero-order chi connectivity index (χ0) is 29.7. The highest BCUT2D eigenvalue weighted by atomic mass is 32.1. The standard InChI is InChI=1S/C40H29N3S/c1-40(2)32-24-13-12-23-31(32)33-34(40)36(26-15-6-3-7-16-26)44-35(33)29-21-14-22-30(25-29)39-42-37(27-17-8-4-9-18-27)41-38(43-39)28-19-10-5-11-20-28/h3-25H,1-2H3. The van der Waals surface area contributed by atoms with E-state index in [2.05, 4.69) is 92.7 Å². The molecule has 210 valence electrons. The first-order chi connectivity index (χ1) is 21.6. The molecule has 0 spiro atoms. The Hall–Kier alpha value is -5.19. The third-order valence-corrected chi connectivity index (χ3v) is 9.81. The first-order valence-electron chi connectivity index (χ1n) is 14.9. The molecule has 0 aliphatic heterocycles. The summed E-state index contributed by atoms with van der Waals surface area (Å²) >= 11 is 1.88. The Labute approximate surface area is 261 Å². The number of nitrogens with zero attached hydrogens (tertiary/aromatic N) is 3. The summed E-state index contributed by atoms with van der Waals surface area (Å²) in [7, 11) is 0. The largest absolute Gasteiger partial charge is 0.208 e. The number of aromatic nitrogens is 3. The van der Waals surface area contributed by atoms with Crippen LogP contribution in [0.4, 0.5) is 0 Å². The Balaban J connectivity index is 1.33. The molecule has 5 aromatic carbocycles. The van der Waals surface area contributed by atoms with Crippen molar-refractivity contribution in [1.82, 2.24) is 15.0 Å². The molecule has 3 nitrogen and oxygen atoms in total. The molecule has 1 aliphatic carbocycles. The highest BCUT2D eigenvalue weighted by molar-refractivity contribution is 7.19. The van der Waals surface area contributed by atoms with Crippen LogP contribution in [0.2, 0.25) is 0 Å². The molecule has 0 saturated heterocycles. The van der Waals surface area contributed by atoms with Crippen LogP contribution in [0.5, 0.6) is 0 Å². The van der Waals surface area contributed by atoms with E-state index in [4.69, 9.17) is 15.0 Å². The fraction of sp³-hybridized carbons (Fsp3) is 0.0750. The van der Waals surface area contributed by atoms with Crippen LogP contribution in [0.15, 0.2) is 140 Å². The van der Waals surface area contributed by atoms with Crippen molar-refractivity contribution in [3.8, 4) is 66.2 Å². The normalized spacial score (nSPS) is 13.0. The third kappa shape index (κ3) is 4.38. The van der Waals surface area contributed by atoms with Gasteiger partial charge in [0.05, 0.1) is 0 Å². The number of hydrogen-bond donors (Lipinski definition) is 0. The fourth-order valence-corrected chi connectivity index (χ4v) is 7.87. The SMILES string of the molecule is CC1(C)c2ccccc2-c2c(-c3cccc(-c4nc(-c5ccccc5)nc(-c5ccccc5)n4)c3)sc(-c3ccccc3)c21. The summed E-state index contributed by atoms with van der Waals surface area (Å²) in [6, 6.07) is 48.6. The van der Waals surface area contributed by atoms with Crippen molar-refractivity contribution in [1.29, 1.82) is 0 Å². The molecule has 4 heteroatoms. The van der Waals surface area contributed by atoms with Gasteiger partial charge in [-0.15, -0.1) is 11.3 Å². The van der Waals surface area contributed by atoms with Crippen LogP contribution in [-0.2, 0) is 5.41 Å². The highest BCUT2D eigenvalue weighted by Crippen LogP contribution is 2.59. The Morgan fingerprint density at radius 3 is 1.55 bits per heavy atom. The molecule has 1 aliphatic rings. The minimum atomic E-state index is -0.104. The van der Waals surface area contributed by atoms with Crippen LogP contribution in [-0.4, -0.2) is 15.0 Å². The number of thiophene rings is 1. The summed E-state index contributed by atoms with van der Waals surface area (Å²) in [6.45, 7) is 4.72. The molecule has 44 heavy (non-hydrogen) atoms. The summed E-state index contributed by atoms with van der Waals surface area (Å²) in [6.07, 6.45) is 0. The highest BCUT2D eigenvalue weighted by Gasteiger charge is 2.41. The average molecular weight is 584 g/mol. The van der Waals surface area contributed by atoms with E-state index in [1.54, 1.807) is 0 Å². The number of rotatable bonds is 5. The van der Waals surface area contributed by atoms with Gasteiger partial charge >= 0.3 is 0 Å². The van der Waals surface area contributed by atoms with Gasteiger partial charge in [0.25, 0.3) is 0 Å². The van der Waals surface area contributed by atoms with Crippen molar-refractivity contribution in [3.63, 3.8) is 0 Å². The summed E-state index contributed by atoms with van der Waals surface area (Å²) in [5, 5.41) is 0. The van der Waals surface area contributed by atoms with Crippen LogP contribution < -0.4 is 0 Å². The van der Waals surface area contributed by atoms with Gasteiger partial charge in [-0.1, -0.05) is 147 Å². The van der Waals surface area contributed by atoms with Crippen LogP contribution >= 0.6 is 11.3 Å². The van der Waals surface area contributed by atoms with Crippen LogP contribution in [0.1, 0.15) is 25.0 Å². The zero-order valence-electron chi connectivity index (χ0n) is 24.5. The molecule has 0 amide bonds. The monoisotopic (exact) mass is 583 g/mol. The van der Waals surface area contributed by atoms with Crippen molar-refractivity contribution in [2.24, 2.45) is 0 Å². The van der Waals surface area contributed by atoms with E-state index in [9.17, 15) is 0 Å². The van der Waals surface area contributed by atoms with E-state index in [-0.39, 0.29) is 5.41 Å². The van der Waals surface area contributed by atoms with E-state index >= 15 is 0 Å². The maximum Gasteiger partial charge on any atom is 0.164 e. The quantitative estimate of drug-likeness (QED) is 0.202. The van der Waals surface area contributed by atoms with Crippen molar-refractivity contribution >= 4 is 11.3 Å². The summed E-state index contributed by atoms with van der Waals surface area (Å²) in [5.41, 5.74) is 10.7. The number of fused-ring (bicyclic) bond motifs is 3.